The van der Waals surface area contributed by atoms with Gasteiger partial charge in [0.1, 0.15) is 11.6 Å². The molecular weight excluding hydrogens is 336 g/mol. The molecule has 0 spiro atoms. The van der Waals surface area contributed by atoms with E-state index in [2.05, 4.69) is 20.5 Å². The van der Waals surface area contributed by atoms with E-state index < -0.39 is 0 Å². The summed E-state index contributed by atoms with van der Waals surface area (Å²) in [5, 5.41) is 4.65. The van der Waals surface area contributed by atoms with Gasteiger partial charge >= 0.3 is 0 Å². The number of ether oxygens (including phenoxy) is 1. The Morgan fingerprint density at radius 1 is 0.963 bits per heavy atom. The van der Waals surface area contributed by atoms with Crippen LogP contribution in [0.25, 0.3) is 11.0 Å². The van der Waals surface area contributed by atoms with Crippen LogP contribution < -0.4 is 10.2 Å². The second-order valence-electron chi connectivity index (χ2n) is 6.14. The minimum atomic E-state index is 0.584. The number of benzene rings is 3. The maximum atomic E-state index is 5.26. The number of hydrazone groups is 1. The normalized spacial score (nSPS) is 11.5. The van der Waals surface area contributed by atoms with Crippen molar-refractivity contribution in [3.8, 4) is 5.75 Å². The van der Waals surface area contributed by atoms with Crippen LogP contribution in [0, 0.1) is 0 Å². The van der Waals surface area contributed by atoms with Gasteiger partial charge in [-0.3, -0.25) is 5.43 Å². The molecule has 0 aliphatic carbocycles. The van der Waals surface area contributed by atoms with Crippen molar-refractivity contribution in [2.75, 3.05) is 12.5 Å². The maximum Gasteiger partial charge on any atom is 0.118 e. The Balaban J connectivity index is 1.65. The van der Waals surface area contributed by atoms with Crippen molar-refractivity contribution in [1.29, 1.82) is 0 Å². The molecule has 2 N–H and O–H groups in total. The molecule has 0 bridgehead atoms. The summed E-state index contributed by atoms with van der Waals surface area (Å²) in [4.78, 5) is 8.05. The van der Waals surface area contributed by atoms with Gasteiger partial charge < -0.3 is 9.72 Å². The van der Waals surface area contributed by atoms with Gasteiger partial charge in [-0.2, -0.15) is 5.10 Å². The quantitative estimate of drug-likeness (QED) is 0.391. The van der Waals surface area contributed by atoms with Gasteiger partial charge in [-0.05, 0) is 54.1 Å². The molecule has 4 rings (SSSR count). The highest BCUT2D eigenvalue weighted by Crippen LogP contribution is 2.16. The molecule has 1 heterocycles. The number of para-hydroxylation sites is 3. The molecule has 0 unspecified atom stereocenters. The number of rotatable bonds is 6. The Morgan fingerprint density at radius 3 is 2.44 bits per heavy atom. The van der Waals surface area contributed by atoms with E-state index in [0.717, 1.165) is 39.6 Å². The third-order valence-corrected chi connectivity index (χ3v) is 4.29. The van der Waals surface area contributed by atoms with Crippen LogP contribution in [0.3, 0.4) is 0 Å². The summed E-state index contributed by atoms with van der Waals surface area (Å²) >= 11 is 0. The minimum absolute atomic E-state index is 0.584. The van der Waals surface area contributed by atoms with Crippen molar-refractivity contribution in [2.24, 2.45) is 5.10 Å². The maximum absolute atomic E-state index is 5.26. The predicted octanol–water partition coefficient (Wildman–Crippen LogP) is 4.63. The van der Waals surface area contributed by atoms with Gasteiger partial charge in [-0.25, -0.2) is 4.98 Å². The van der Waals surface area contributed by atoms with Gasteiger partial charge in [-0.15, -0.1) is 0 Å². The number of nitrogens with zero attached hydrogens (tertiary/aromatic N) is 2. The highest BCUT2D eigenvalue weighted by atomic mass is 16.5. The van der Waals surface area contributed by atoms with Crippen molar-refractivity contribution in [3.63, 3.8) is 0 Å². The van der Waals surface area contributed by atoms with Crippen LogP contribution in [0.15, 0.2) is 84.0 Å². The Labute approximate surface area is 157 Å². The second-order valence-corrected chi connectivity index (χ2v) is 6.14. The van der Waals surface area contributed by atoms with Crippen LogP contribution in [-0.4, -0.2) is 22.8 Å². The van der Waals surface area contributed by atoms with Gasteiger partial charge in [0.15, 0.2) is 0 Å². The molecule has 0 amide bonds. The number of aromatic amines is 1. The van der Waals surface area contributed by atoms with Crippen LogP contribution in [0.1, 0.15) is 11.4 Å². The first-order valence-electron chi connectivity index (χ1n) is 8.77. The van der Waals surface area contributed by atoms with Crippen molar-refractivity contribution in [1.82, 2.24) is 9.97 Å². The molecule has 0 saturated carbocycles. The zero-order valence-corrected chi connectivity index (χ0v) is 15.0. The molecule has 0 aliphatic rings. The minimum Gasteiger partial charge on any atom is -0.497 e. The van der Waals surface area contributed by atoms with E-state index >= 15 is 0 Å². The van der Waals surface area contributed by atoms with Crippen molar-refractivity contribution in [2.45, 2.75) is 6.42 Å². The van der Waals surface area contributed by atoms with Crippen LogP contribution in [-0.2, 0) is 6.42 Å². The molecule has 0 radical (unpaired) electrons. The molecule has 134 valence electrons. The van der Waals surface area contributed by atoms with E-state index in [9.17, 15) is 0 Å². The van der Waals surface area contributed by atoms with Crippen molar-refractivity contribution >= 4 is 22.4 Å². The average Bonchev–Trinajstić information content (AvgIpc) is 3.14. The monoisotopic (exact) mass is 356 g/mol. The Hall–Kier alpha value is -3.60. The fourth-order valence-electron chi connectivity index (χ4n) is 2.88. The van der Waals surface area contributed by atoms with Gasteiger partial charge in [0.25, 0.3) is 0 Å². The largest absolute Gasteiger partial charge is 0.497 e. The van der Waals surface area contributed by atoms with Crippen LogP contribution in [0.5, 0.6) is 5.75 Å². The van der Waals surface area contributed by atoms with Gasteiger partial charge in [-0.1, -0.05) is 30.3 Å². The highest BCUT2D eigenvalue weighted by molar-refractivity contribution is 6.02. The fraction of sp³-hybridized carbons (Fsp3) is 0.0909. The molecule has 27 heavy (non-hydrogen) atoms. The molecule has 5 heteroatoms. The van der Waals surface area contributed by atoms with E-state index in [0.29, 0.717) is 6.42 Å². The molecule has 0 aliphatic heterocycles. The number of methoxy groups -OCH3 is 1. The number of H-pyrrole nitrogens is 1. The lowest BCUT2D eigenvalue weighted by atomic mass is 10.1. The standard InChI is InChI=1S/C22H20N4O/c1-27-18-13-11-16(12-14-18)21(26-25-17-7-3-2-4-8-17)15-22-23-19-9-5-6-10-20(19)24-22/h2-14,25H,15H2,1H3,(H,23,24)/b26-21-. The zero-order valence-electron chi connectivity index (χ0n) is 15.0. The van der Waals surface area contributed by atoms with Crippen LogP contribution >= 0.6 is 0 Å². The summed E-state index contributed by atoms with van der Waals surface area (Å²) in [7, 11) is 1.66. The molecule has 3 aromatic carbocycles. The van der Waals surface area contributed by atoms with E-state index in [1.807, 2.05) is 78.9 Å². The van der Waals surface area contributed by atoms with Crippen molar-refractivity contribution in [3.05, 3.63) is 90.3 Å². The Bertz CT molecular complexity index is 1020. The number of aromatic nitrogens is 2. The summed E-state index contributed by atoms with van der Waals surface area (Å²) < 4.78 is 5.26. The van der Waals surface area contributed by atoms with Gasteiger partial charge in [0, 0.05) is 0 Å². The Kier molecular flexibility index (Phi) is 4.83. The molecule has 1 aromatic heterocycles. The smallest absolute Gasteiger partial charge is 0.118 e. The summed E-state index contributed by atoms with van der Waals surface area (Å²) in [5.41, 5.74) is 7.96. The highest BCUT2D eigenvalue weighted by Gasteiger charge is 2.10. The number of hydrogen-bond acceptors (Lipinski definition) is 4. The van der Waals surface area contributed by atoms with Crippen LogP contribution in [0.2, 0.25) is 0 Å². The molecule has 0 atom stereocenters. The lowest BCUT2D eigenvalue weighted by molar-refractivity contribution is 0.415. The zero-order chi connectivity index (χ0) is 18.5. The Morgan fingerprint density at radius 2 is 1.70 bits per heavy atom. The van der Waals surface area contributed by atoms with Gasteiger partial charge in [0.2, 0.25) is 0 Å². The summed E-state index contributed by atoms with van der Waals surface area (Å²) in [6, 6.07) is 25.8. The summed E-state index contributed by atoms with van der Waals surface area (Å²) in [6.07, 6.45) is 0.584. The fourth-order valence-corrected chi connectivity index (χ4v) is 2.88. The molecule has 4 aromatic rings. The van der Waals surface area contributed by atoms with Gasteiger partial charge in [0.05, 0.1) is 36.0 Å². The van der Waals surface area contributed by atoms with E-state index in [-0.39, 0.29) is 0 Å². The first-order chi connectivity index (χ1) is 13.3. The predicted molar refractivity (Wildman–Crippen MR) is 109 cm³/mol. The molecule has 5 nitrogen and oxygen atoms in total. The number of nitrogens with one attached hydrogen (secondary N) is 2. The lowest BCUT2D eigenvalue weighted by Crippen LogP contribution is -2.09. The van der Waals surface area contributed by atoms with Crippen LogP contribution in [0.4, 0.5) is 5.69 Å². The van der Waals surface area contributed by atoms with E-state index in [1.54, 1.807) is 7.11 Å². The molecular formula is C22H20N4O. The summed E-state index contributed by atoms with van der Waals surface area (Å²) in [6.45, 7) is 0. The number of imidazole rings is 1. The van der Waals surface area contributed by atoms with E-state index in [1.165, 1.54) is 0 Å². The van der Waals surface area contributed by atoms with Crippen molar-refractivity contribution < 1.29 is 4.74 Å². The first kappa shape index (κ1) is 16.8. The molecule has 0 fully saturated rings. The number of fused-ring (bicyclic) bond motifs is 1. The SMILES string of the molecule is COc1ccc(/C(Cc2nc3ccccc3[nH]2)=N\Nc2ccccc2)cc1. The topological polar surface area (TPSA) is 62.3 Å². The van der Waals surface area contributed by atoms with E-state index in [4.69, 9.17) is 4.74 Å². The number of anilines is 1. The number of hydrogen-bond donors (Lipinski definition) is 2. The molecule has 0 saturated heterocycles. The second kappa shape index (κ2) is 7.74. The third-order valence-electron chi connectivity index (χ3n) is 4.29. The lowest BCUT2D eigenvalue weighted by Gasteiger charge is -2.08. The average molecular weight is 356 g/mol. The summed E-state index contributed by atoms with van der Waals surface area (Å²) in [5.74, 6) is 1.69. The third kappa shape index (κ3) is 3.98. The first-order valence-corrected chi connectivity index (χ1v) is 8.77.